The highest BCUT2D eigenvalue weighted by Crippen LogP contribution is 2.29. The predicted molar refractivity (Wildman–Crippen MR) is 122 cm³/mol. The van der Waals surface area contributed by atoms with Crippen LogP contribution in [-0.2, 0) is 4.74 Å². The number of hydrogen-bond acceptors (Lipinski definition) is 5. The Morgan fingerprint density at radius 2 is 2.19 bits per heavy atom. The highest BCUT2D eigenvalue weighted by Gasteiger charge is 2.32. The van der Waals surface area contributed by atoms with Crippen LogP contribution < -0.4 is 5.32 Å². The maximum atomic E-state index is 13.4. The SMILES string of the molecule is O=C(c1ccc2oc(NCC3=CC(Cl)CC=C3)nc2c1)N(CC1CCOC1)C1CCC1. The summed E-state index contributed by atoms with van der Waals surface area (Å²) in [7, 11) is 0. The summed E-state index contributed by atoms with van der Waals surface area (Å²) in [6, 6.07) is 6.33. The fourth-order valence-corrected chi connectivity index (χ4v) is 4.67. The molecule has 2 aromatic rings. The first-order chi connectivity index (χ1) is 15.2. The molecular formula is C24H28ClN3O3. The van der Waals surface area contributed by atoms with Gasteiger partial charge in [0, 0.05) is 37.2 Å². The van der Waals surface area contributed by atoms with Gasteiger partial charge in [0.2, 0.25) is 0 Å². The summed E-state index contributed by atoms with van der Waals surface area (Å²) in [6.07, 6.45) is 11.4. The van der Waals surface area contributed by atoms with Gasteiger partial charge < -0.3 is 19.4 Å². The maximum absolute atomic E-state index is 13.4. The van der Waals surface area contributed by atoms with Crippen LogP contribution in [-0.4, -0.2) is 53.5 Å². The Labute approximate surface area is 187 Å². The van der Waals surface area contributed by atoms with Crippen molar-refractivity contribution in [3.05, 3.63) is 47.6 Å². The number of alkyl halides is 1. The molecule has 164 valence electrons. The molecule has 2 aliphatic carbocycles. The molecule has 0 bridgehead atoms. The van der Waals surface area contributed by atoms with Crippen molar-refractivity contribution in [3.8, 4) is 0 Å². The van der Waals surface area contributed by atoms with E-state index in [2.05, 4.69) is 27.4 Å². The largest absolute Gasteiger partial charge is 0.424 e. The first-order valence-electron chi connectivity index (χ1n) is 11.2. The van der Waals surface area contributed by atoms with Crippen molar-refractivity contribution < 1.29 is 13.9 Å². The predicted octanol–water partition coefficient (Wildman–Crippen LogP) is 4.76. The molecule has 1 aromatic carbocycles. The number of hydrogen-bond donors (Lipinski definition) is 1. The number of nitrogens with zero attached hydrogens (tertiary/aromatic N) is 2. The second kappa shape index (κ2) is 9.05. The number of aromatic nitrogens is 1. The van der Waals surface area contributed by atoms with Crippen molar-refractivity contribution in [2.45, 2.75) is 43.5 Å². The summed E-state index contributed by atoms with van der Waals surface area (Å²) in [6.45, 7) is 2.93. The Hall–Kier alpha value is -2.31. The van der Waals surface area contributed by atoms with Crippen molar-refractivity contribution in [1.82, 2.24) is 9.88 Å². The molecule has 1 saturated heterocycles. The average Bonchev–Trinajstić information content (AvgIpc) is 3.38. The van der Waals surface area contributed by atoms with E-state index in [1.165, 1.54) is 6.42 Å². The monoisotopic (exact) mass is 441 g/mol. The molecule has 7 heteroatoms. The number of carbonyl (C=O) groups is 1. The molecule has 0 radical (unpaired) electrons. The lowest BCUT2D eigenvalue weighted by Gasteiger charge is -2.39. The van der Waals surface area contributed by atoms with Crippen LogP contribution in [0.15, 0.2) is 46.4 Å². The number of benzene rings is 1. The van der Waals surface area contributed by atoms with Gasteiger partial charge in [-0.1, -0.05) is 18.2 Å². The van der Waals surface area contributed by atoms with Crippen LogP contribution in [0.2, 0.25) is 0 Å². The second-order valence-electron chi connectivity index (χ2n) is 8.72. The highest BCUT2D eigenvalue weighted by molar-refractivity contribution is 6.22. The van der Waals surface area contributed by atoms with Crippen molar-refractivity contribution in [1.29, 1.82) is 0 Å². The number of ether oxygens (including phenoxy) is 1. The van der Waals surface area contributed by atoms with E-state index in [1.807, 2.05) is 24.3 Å². The number of fused-ring (bicyclic) bond motifs is 1. The first kappa shape index (κ1) is 20.6. The standard InChI is InChI=1S/C24H28ClN3O3/c25-19-4-1-3-16(11-19)13-26-24-27-21-12-18(7-8-22(21)31-24)23(29)28(20-5-2-6-20)14-17-9-10-30-15-17/h1,3,7-8,11-12,17,19-20H,2,4-6,9-10,13-15H2,(H,26,27). The highest BCUT2D eigenvalue weighted by atomic mass is 35.5. The van der Waals surface area contributed by atoms with Gasteiger partial charge in [-0.15, -0.1) is 11.6 Å². The minimum atomic E-state index is 0.0356. The number of anilines is 1. The molecular weight excluding hydrogens is 414 g/mol. The molecule has 1 aliphatic heterocycles. The Bertz CT molecular complexity index is 1000. The fourth-order valence-electron chi connectivity index (χ4n) is 4.40. The molecule has 2 unspecified atom stereocenters. The van der Waals surface area contributed by atoms with E-state index in [4.69, 9.17) is 20.8 Å². The van der Waals surface area contributed by atoms with Gasteiger partial charge >= 0.3 is 0 Å². The number of amides is 1. The lowest BCUT2D eigenvalue weighted by molar-refractivity contribution is 0.0522. The lowest BCUT2D eigenvalue weighted by Crippen LogP contribution is -2.46. The van der Waals surface area contributed by atoms with Gasteiger partial charge in [0.15, 0.2) is 5.58 Å². The van der Waals surface area contributed by atoms with Crippen molar-refractivity contribution >= 4 is 34.6 Å². The van der Waals surface area contributed by atoms with Gasteiger partial charge in [0.1, 0.15) is 5.52 Å². The summed E-state index contributed by atoms with van der Waals surface area (Å²) in [5.74, 6) is 0.522. The summed E-state index contributed by atoms with van der Waals surface area (Å²) in [4.78, 5) is 20.0. The second-order valence-corrected chi connectivity index (χ2v) is 9.28. The lowest BCUT2D eigenvalue weighted by atomic mass is 9.90. The number of halogens is 1. The quantitative estimate of drug-likeness (QED) is 0.627. The van der Waals surface area contributed by atoms with E-state index in [0.29, 0.717) is 41.2 Å². The Kier molecular flexibility index (Phi) is 6.01. The molecule has 31 heavy (non-hydrogen) atoms. The summed E-state index contributed by atoms with van der Waals surface area (Å²) in [5.41, 5.74) is 3.13. The molecule has 5 rings (SSSR count). The van der Waals surface area contributed by atoms with Crippen LogP contribution in [0.25, 0.3) is 11.1 Å². The summed E-state index contributed by atoms with van der Waals surface area (Å²) in [5, 5.41) is 3.25. The Morgan fingerprint density at radius 1 is 1.29 bits per heavy atom. The molecule has 2 heterocycles. The van der Waals surface area contributed by atoms with Crippen LogP contribution in [0.5, 0.6) is 0 Å². The average molecular weight is 442 g/mol. The van der Waals surface area contributed by atoms with Gasteiger partial charge in [-0.05, 0) is 55.9 Å². The number of oxazole rings is 1. The smallest absolute Gasteiger partial charge is 0.295 e. The minimum Gasteiger partial charge on any atom is -0.424 e. The van der Waals surface area contributed by atoms with Gasteiger partial charge in [0.05, 0.1) is 12.0 Å². The minimum absolute atomic E-state index is 0.0356. The van der Waals surface area contributed by atoms with E-state index >= 15 is 0 Å². The molecule has 1 saturated carbocycles. The molecule has 3 aliphatic rings. The van der Waals surface area contributed by atoms with Gasteiger partial charge in [-0.2, -0.15) is 4.98 Å². The van der Waals surface area contributed by atoms with Crippen LogP contribution in [0.3, 0.4) is 0 Å². The zero-order chi connectivity index (χ0) is 21.2. The number of carbonyl (C=O) groups excluding carboxylic acids is 1. The number of allylic oxidation sites excluding steroid dienone is 2. The van der Waals surface area contributed by atoms with Gasteiger partial charge in [-0.25, -0.2) is 0 Å². The van der Waals surface area contributed by atoms with Crippen LogP contribution in [0, 0.1) is 5.92 Å². The van der Waals surface area contributed by atoms with E-state index in [1.54, 1.807) is 0 Å². The molecule has 1 N–H and O–H groups in total. The van der Waals surface area contributed by atoms with E-state index in [-0.39, 0.29) is 11.3 Å². The third kappa shape index (κ3) is 4.65. The van der Waals surface area contributed by atoms with Crippen LogP contribution >= 0.6 is 11.6 Å². The Balaban J connectivity index is 1.30. The zero-order valence-corrected chi connectivity index (χ0v) is 18.3. The Morgan fingerprint density at radius 3 is 2.94 bits per heavy atom. The molecule has 6 nitrogen and oxygen atoms in total. The van der Waals surface area contributed by atoms with Crippen LogP contribution in [0.1, 0.15) is 42.5 Å². The van der Waals surface area contributed by atoms with E-state index in [0.717, 1.165) is 51.0 Å². The van der Waals surface area contributed by atoms with Crippen molar-refractivity contribution in [2.75, 3.05) is 31.6 Å². The third-order valence-corrected chi connectivity index (χ3v) is 6.73. The van der Waals surface area contributed by atoms with Gasteiger partial charge in [-0.3, -0.25) is 4.79 Å². The molecule has 2 atom stereocenters. The van der Waals surface area contributed by atoms with Crippen molar-refractivity contribution in [2.24, 2.45) is 5.92 Å². The molecule has 1 aromatic heterocycles. The zero-order valence-electron chi connectivity index (χ0n) is 17.6. The maximum Gasteiger partial charge on any atom is 0.295 e. The first-order valence-corrected chi connectivity index (χ1v) is 11.6. The fraction of sp³-hybridized carbons (Fsp3) is 0.500. The number of rotatable bonds is 7. The van der Waals surface area contributed by atoms with Crippen LogP contribution in [0.4, 0.5) is 6.01 Å². The van der Waals surface area contributed by atoms with Gasteiger partial charge in [0.25, 0.3) is 11.9 Å². The number of nitrogens with one attached hydrogen (secondary N) is 1. The normalized spacial score (nSPS) is 23.6. The third-order valence-electron chi connectivity index (χ3n) is 6.42. The summed E-state index contributed by atoms with van der Waals surface area (Å²) < 4.78 is 11.3. The molecule has 1 amide bonds. The van der Waals surface area contributed by atoms with E-state index < -0.39 is 0 Å². The molecule has 0 spiro atoms. The molecule has 2 fully saturated rings. The van der Waals surface area contributed by atoms with E-state index in [9.17, 15) is 4.79 Å². The topological polar surface area (TPSA) is 67.6 Å². The summed E-state index contributed by atoms with van der Waals surface area (Å²) >= 11 is 6.18. The van der Waals surface area contributed by atoms with Crippen molar-refractivity contribution in [3.63, 3.8) is 0 Å².